The van der Waals surface area contributed by atoms with Crippen LogP contribution in [0, 0.1) is 0 Å². The number of imidazole rings is 1. The second-order valence-corrected chi connectivity index (χ2v) is 6.70. The third kappa shape index (κ3) is 3.65. The molecule has 0 amide bonds. The Balaban J connectivity index is 1.82. The van der Waals surface area contributed by atoms with Crippen LogP contribution in [0.5, 0.6) is 0 Å². The highest BCUT2D eigenvalue weighted by molar-refractivity contribution is 7.44. The molecule has 0 spiro atoms. The van der Waals surface area contributed by atoms with Crippen LogP contribution in [0.4, 0.5) is 0 Å². The van der Waals surface area contributed by atoms with Gasteiger partial charge in [0.1, 0.15) is 17.8 Å². The average molecular weight is 384 g/mol. The Bertz CT molecular complexity index is 782. The number of aromatic nitrogens is 4. The van der Waals surface area contributed by atoms with Gasteiger partial charge in [-0.15, -0.1) is 0 Å². The van der Waals surface area contributed by atoms with Crippen LogP contribution < -0.4 is 4.89 Å². The van der Waals surface area contributed by atoms with Crippen molar-refractivity contribution in [2.24, 2.45) is 0 Å². The molecule has 3 heterocycles. The highest BCUT2D eigenvalue weighted by Crippen LogP contribution is 2.36. The van der Waals surface area contributed by atoms with Crippen molar-refractivity contribution in [1.82, 2.24) is 19.5 Å². The van der Waals surface area contributed by atoms with Crippen LogP contribution in [0.15, 0.2) is 6.33 Å². The van der Waals surface area contributed by atoms with E-state index < -0.39 is 32.9 Å². The maximum atomic E-state index is 10.6. The molecule has 0 radical (unpaired) electrons. The summed E-state index contributed by atoms with van der Waals surface area (Å²) in [7, 11) is -4.89. The highest BCUT2D eigenvalue weighted by atomic mass is 35.5. The largest absolute Gasteiger partial charge is 0.756 e. The molecule has 0 aromatic carbocycles. The molecule has 2 N–H and O–H groups in total. The SMILES string of the molecule is O=P([O-])(O)OC[C@H]1O[C@@H](n2cnc3c(Cl)nc(Cl)nc32)C[C@@H]1O. The van der Waals surface area contributed by atoms with E-state index >= 15 is 0 Å². The summed E-state index contributed by atoms with van der Waals surface area (Å²) in [6.45, 7) is -0.516. The molecule has 0 aliphatic carbocycles. The van der Waals surface area contributed by atoms with Gasteiger partial charge in [-0.25, -0.2) is 9.97 Å². The molecule has 1 saturated heterocycles. The topological polar surface area (TPSA) is 143 Å². The quantitative estimate of drug-likeness (QED) is 0.431. The Hall–Kier alpha value is -0.840. The fourth-order valence-corrected chi connectivity index (χ4v) is 3.03. The zero-order chi connectivity index (χ0) is 16.8. The fraction of sp³-hybridized carbons (Fsp3) is 0.500. The molecule has 0 saturated carbocycles. The molecule has 13 heteroatoms. The van der Waals surface area contributed by atoms with E-state index in [1.54, 1.807) is 0 Å². The molecule has 23 heavy (non-hydrogen) atoms. The van der Waals surface area contributed by atoms with E-state index in [2.05, 4.69) is 19.5 Å². The first-order valence-electron chi connectivity index (χ1n) is 6.32. The van der Waals surface area contributed by atoms with Gasteiger partial charge in [-0.05, 0) is 11.6 Å². The molecule has 126 valence electrons. The Morgan fingerprint density at radius 2 is 2.26 bits per heavy atom. The first kappa shape index (κ1) is 17.0. The number of aliphatic hydroxyl groups is 1. The van der Waals surface area contributed by atoms with Crippen molar-refractivity contribution in [3.8, 4) is 0 Å². The van der Waals surface area contributed by atoms with Gasteiger partial charge in [0.25, 0.3) is 7.82 Å². The van der Waals surface area contributed by atoms with Crippen molar-refractivity contribution in [2.75, 3.05) is 6.61 Å². The number of phosphoric ester groups is 1. The molecular formula is C10H10Cl2N4O6P-. The standard InChI is InChI=1S/C10H11Cl2N4O6P/c11-8-7-9(15-10(12)14-8)16(3-13-7)6-1-4(17)5(22-6)2-21-23(18,19)20/h3-6,17H,1-2H2,(H2,18,19,20)/p-1/t4-,5+,6+/m0/s1. The molecule has 0 bridgehead atoms. The lowest BCUT2D eigenvalue weighted by Crippen LogP contribution is -2.26. The van der Waals surface area contributed by atoms with Gasteiger partial charge < -0.3 is 24.2 Å². The summed E-state index contributed by atoms with van der Waals surface area (Å²) >= 11 is 11.7. The van der Waals surface area contributed by atoms with Gasteiger partial charge >= 0.3 is 0 Å². The molecule has 1 aliphatic heterocycles. The van der Waals surface area contributed by atoms with Gasteiger partial charge in [-0.2, -0.15) is 4.98 Å². The summed E-state index contributed by atoms with van der Waals surface area (Å²) in [6.07, 6.45) is -1.10. The lowest BCUT2D eigenvalue weighted by molar-refractivity contribution is -0.222. The fourth-order valence-electron chi connectivity index (χ4n) is 2.27. The third-order valence-corrected chi connectivity index (χ3v) is 4.18. The zero-order valence-corrected chi connectivity index (χ0v) is 13.6. The van der Waals surface area contributed by atoms with Crippen molar-refractivity contribution in [3.63, 3.8) is 0 Å². The Kier molecular flexibility index (Phi) is 4.60. The Morgan fingerprint density at radius 3 is 2.96 bits per heavy atom. The summed E-state index contributed by atoms with van der Waals surface area (Å²) in [6, 6.07) is 0. The number of hydrogen-bond acceptors (Lipinski definition) is 8. The van der Waals surface area contributed by atoms with Gasteiger partial charge in [0.2, 0.25) is 5.28 Å². The maximum Gasteiger partial charge on any atom is 0.265 e. The summed E-state index contributed by atoms with van der Waals surface area (Å²) < 4.78 is 21.9. The lowest BCUT2D eigenvalue weighted by Gasteiger charge is -2.20. The molecule has 1 unspecified atom stereocenters. The van der Waals surface area contributed by atoms with E-state index in [1.807, 2.05) is 0 Å². The van der Waals surface area contributed by atoms with Crippen LogP contribution in [-0.2, 0) is 13.8 Å². The van der Waals surface area contributed by atoms with Crippen LogP contribution >= 0.6 is 31.0 Å². The van der Waals surface area contributed by atoms with Crippen molar-refractivity contribution in [2.45, 2.75) is 24.9 Å². The number of halogens is 2. The summed E-state index contributed by atoms with van der Waals surface area (Å²) in [4.78, 5) is 31.1. The van der Waals surface area contributed by atoms with E-state index in [-0.39, 0.29) is 16.9 Å². The number of fused-ring (bicyclic) bond motifs is 1. The monoisotopic (exact) mass is 383 g/mol. The molecule has 2 aromatic rings. The van der Waals surface area contributed by atoms with Crippen molar-refractivity contribution in [1.29, 1.82) is 0 Å². The Morgan fingerprint density at radius 1 is 1.52 bits per heavy atom. The second-order valence-electron chi connectivity index (χ2n) is 4.80. The van der Waals surface area contributed by atoms with Crippen molar-refractivity contribution < 1.29 is 28.7 Å². The van der Waals surface area contributed by atoms with Crippen molar-refractivity contribution in [3.05, 3.63) is 16.8 Å². The average Bonchev–Trinajstić information content (AvgIpc) is 2.99. The minimum Gasteiger partial charge on any atom is -0.756 e. The van der Waals surface area contributed by atoms with Crippen LogP contribution in [0.25, 0.3) is 11.2 Å². The molecule has 1 aliphatic rings. The smallest absolute Gasteiger partial charge is 0.265 e. The van der Waals surface area contributed by atoms with Gasteiger partial charge in [0.15, 0.2) is 10.8 Å². The van der Waals surface area contributed by atoms with Crippen LogP contribution in [0.3, 0.4) is 0 Å². The zero-order valence-electron chi connectivity index (χ0n) is 11.2. The van der Waals surface area contributed by atoms with Gasteiger partial charge in [-0.1, -0.05) is 11.6 Å². The van der Waals surface area contributed by atoms with Crippen molar-refractivity contribution >= 4 is 42.2 Å². The normalized spacial score (nSPS) is 27.4. The van der Waals surface area contributed by atoms with Crippen LogP contribution in [-0.4, -0.2) is 48.3 Å². The predicted molar refractivity (Wildman–Crippen MR) is 75.7 cm³/mol. The minimum atomic E-state index is -4.89. The second kappa shape index (κ2) is 6.23. The first-order chi connectivity index (χ1) is 10.7. The molecule has 3 rings (SSSR count). The third-order valence-electron chi connectivity index (χ3n) is 3.27. The Labute approximate surface area is 139 Å². The molecular weight excluding hydrogens is 374 g/mol. The number of aliphatic hydroxyl groups excluding tert-OH is 1. The predicted octanol–water partition coefficient (Wildman–Crippen LogP) is 0.259. The van der Waals surface area contributed by atoms with E-state index in [0.717, 1.165) is 0 Å². The van der Waals surface area contributed by atoms with Gasteiger partial charge in [0, 0.05) is 6.42 Å². The van der Waals surface area contributed by atoms with E-state index in [9.17, 15) is 14.6 Å². The summed E-state index contributed by atoms with van der Waals surface area (Å²) in [5.41, 5.74) is 0.624. The number of phosphoric acid groups is 1. The van der Waals surface area contributed by atoms with Crippen LogP contribution in [0.2, 0.25) is 10.4 Å². The summed E-state index contributed by atoms with van der Waals surface area (Å²) in [5.74, 6) is 0. The highest BCUT2D eigenvalue weighted by Gasteiger charge is 2.36. The number of rotatable bonds is 4. The number of hydrogen-bond donors (Lipinski definition) is 2. The molecule has 2 aromatic heterocycles. The van der Waals surface area contributed by atoms with Crippen LogP contribution in [0.1, 0.15) is 12.6 Å². The summed E-state index contributed by atoms with van der Waals surface area (Å²) in [5, 5.41) is 9.94. The van der Waals surface area contributed by atoms with E-state index in [1.165, 1.54) is 10.9 Å². The number of nitrogens with zero attached hydrogens (tertiary/aromatic N) is 4. The van der Waals surface area contributed by atoms with E-state index in [0.29, 0.717) is 11.2 Å². The lowest BCUT2D eigenvalue weighted by atomic mass is 10.2. The number of ether oxygens (including phenoxy) is 1. The van der Waals surface area contributed by atoms with E-state index in [4.69, 9.17) is 32.8 Å². The first-order valence-corrected chi connectivity index (χ1v) is 8.57. The molecule has 1 fully saturated rings. The van der Waals surface area contributed by atoms with Gasteiger partial charge in [-0.3, -0.25) is 9.13 Å². The molecule has 10 nitrogen and oxygen atoms in total. The minimum absolute atomic E-state index is 0.0738. The molecule has 4 atom stereocenters. The maximum absolute atomic E-state index is 10.6. The van der Waals surface area contributed by atoms with Gasteiger partial charge in [0.05, 0.1) is 19.0 Å².